The minimum Gasteiger partial charge on any atom is -0.298 e. The van der Waals surface area contributed by atoms with Gasteiger partial charge in [-0.05, 0) is 41.5 Å². The Morgan fingerprint density at radius 2 is 1.55 bits per heavy atom. The van der Waals surface area contributed by atoms with Gasteiger partial charge in [0.15, 0.2) is 0 Å². The van der Waals surface area contributed by atoms with Gasteiger partial charge in [0.25, 0.3) is 0 Å². The van der Waals surface area contributed by atoms with E-state index in [0.717, 1.165) is 15.6 Å². The first-order valence-electron chi connectivity index (χ1n) is 6.60. The van der Waals surface area contributed by atoms with Crippen LogP contribution in [0.15, 0.2) is 54.6 Å². The summed E-state index contributed by atoms with van der Waals surface area (Å²) in [4.78, 5) is 0. The Balaban J connectivity index is 2.33. The smallest absolute Gasteiger partial charge is 0.132 e. The van der Waals surface area contributed by atoms with Crippen LogP contribution in [0.3, 0.4) is 0 Å². The van der Waals surface area contributed by atoms with Crippen molar-refractivity contribution in [1.82, 2.24) is 4.48 Å². The lowest BCUT2D eigenvalue weighted by atomic mass is 10.0. The van der Waals surface area contributed by atoms with E-state index in [2.05, 4.69) is 51.5 Å². The molecule has 0 saturated heterocycles. The van der Waals surface area contributed by atoms with Gasteiger partial charge in [-0.2, -0.15) is 5.26 Å². The molecule has 0 aliphatic rings. The molecule has 100 valence electrons. The number of allylic oxidation sites excluding steroid dienone is 1. The first kappa shape index (κ1) is 14.0. The van der Waals surface area contributed by atoms with Crippen molar-refractivity contribution in [3.63, 3.8) is 0 Å². The molecule has 2 heteroatoms. The molecule has 2 rings (SSSR count). The molecule has 0 spiro atoms. The molecule has 0 N–H and O–H groups in total. The van der Waals surface area contributed by atoms with Gasteiger partial charge in [-0.3, -0.25) is 4.48 Å². The van der Waals surface area contributed by atoms with Gasteiger partial charge in [0, 0.05) is 0 Å². The van der Waals surface area contributed by atoms with Crippen LogP contribution in [0.4, 0.5) is 5.69 Å². The van der Waals surface area contributed by atoms with E-state index in [1.807, 2.05) is 36.4 Å². The Hall–Kier alpha value is -2.37. The van der Waals surface area contributed by atoms with Crippen molar-refractivity contribution >= 4 is 17.3 Å². The number of quaternary nitrogens is 1. The van der Waals surface area contributed by atoms with Crippen LogP contribution >= 0.6 is 0 Å². The Morgan fingerprint density at radius 3 is 2.05 bits per heavy atom. The van der Waals surface area contributed by atoms with E-state index in [9.17, 15) is 5.26 Å². The number of nitriles is 1. The van der Waals surface area contributed by atoms with E-state index in [0.29, 0.717) is 5.57 Å². The van der Waals surface area contributed by atoms with Crippen LogP contribution in [0.25, 0.3) is 11.6 Å². The summed E-state index contributed by atoms with van der Waals surface area (Å²) < 4.78 is 0.786. The molecule has 0 atom stereocenters. The van der Waals surface area contributed by atoms with Gasteiger partial charge in [-0.15, -0.1) is 0 Å². The summed E-state index contributed by atoms with van der Waals surface area (Å²) in [5, 5.41) is 9.30. The SMILES string of the molecule is C[N+](C)(C)c1ccc(/C=C(/C#N)c2ccccc2)cc1. The van der Waals surface area contributed by atoms with Crippen LogP contribution < -0.4 is 4.48 Å². The zero-order valence-electron chi connectivity index (χ0n) is 12.2. The standard InChI is InChI=1S/C18H19N2/c1-20(2,3)18-11-9-15(10-12-18)13-17(14-19)16-7-5-4-6-8-16/h4-13H,1-3H3/q+1/b17-13-. The number of benzene rings is 2. The fraction of sp³-hybridized carbons (Fsp3) is 0.167. The predicted octanol–water partition coefficient (Wildman–Crippen LogP) is 3.95. The summed E-state index contributed by atoms with van der Waals surface area (Å²) in [5.74, 6) is 0. The largest absolute Gasteiger partial charge is 0.298 e. The third-order valence-corrected chi connectivity index (χ3v) is 3.18. The molecule has 2 aromatic carbocycles. The van der Waals surface area contributed by atoms with Crippen LogP contribution in [0.1, 0.15) is 11.1 Å². The highest BCUT2D eigenvalue weighted by molar-refractivity contribution is 5.89. The number of rotatable bonds is 3. The van der Waals surface area contributed by atoms with Crippen molar-refractivity contribution in [2.24, 2.45) is 0 Å². The van der Waals surface area contributed by atoms with Gasteiger partial charge >= 0.3 is 0 Å². The van der Waals surface area contributed by atoms with Crippen molar-refractivity contribution in [3.8, 4) is 6.07 Å². The average Bonchev–Trinajstić information content (AvgIpc) is 2.45. The van der Waals surface area contributed by atoms with E-state index >= 15 is 0 Å². The van der Waals surface area contributed by atoms with Gasteiger partial charge < -0.3 is 0 Å². The van der Waals surface area contributed by atoms with Crippen molar-refractivity contribution in [3.05, 3.63) is 65.7 Å². The van der Waals surface area contributed by atoms with Crippen molar-refractivity contribution in [1.29, 1.82) is 5.26 Å². The van der Waals surface area contributed by atoms with Crippen LogP contribution in [-0.4, -0.2) is 21.1 Å². The molecular weight excluding hydrogens is 244 g/mol. The summed E-state index contributed by atoms with van der Waals surface area (Å²) >= 11 is 0. The lowest BCUT2D eigenvalue weighted by Crippen LogP contribution is -2.34. The highest BCUT2D eigenvalue weighted by Gasteiger charge is 2.10. The van der Waals surface area contributed by atoms with Crippen molar-refractivity contribution in [2.75, 3.05) is 21.1 Å². The molecule has 2 nitrogen and oxygen atoms in total. The van der Waals surface area contributed by atoms with Crippen molar-refractivity contribution in [2.45, 2.75) is 0 Å². The molecule has 0 heterocycles. The summed E-state index contributed by atoms with van der Waals surface area (Å²) in [6, 6.07) is 20.3. The van der Waals surface area contributed by atoms with Gasteiger partial charge in [0.1, 0.15) is 5.69 Å². The molecule has 0 aromatic heterocycles. The number of nitrogens with zero attached hydrogens (tertiary/aromatic N) is 2. The van der Waals surface area contributed by atoms with E-state index in [1.54, 1.807) is 0 Å². The molecular formula is C18H19N2+. The first-order valence-corrected chi connectivity index (χ1v) is 6.60. The van der Waals surface area contributed by atoms with Gasteiger partial charge in [0.2, 0.25) is 0 Å². The lowest BCUT2D eigenvalue weighted by molar-refractivity contribution is 0.486. The minimum absolute atomic E-state index is 0.684. The van der Waals surface area contributed by atoms with Crippen LogP contribution in [0.2, 0.25) is 0 Å². The fourth-order valence-corrected chi connectivity index (χ4v) is 1.98. The molecule has 0 saturated carbocycles. The Morgan fingerprint density at radius 1 is 0.950 bits per heavy atom. The second kappa shape index (κ2) is 5.73. The predicted molar refractivity (Wildman–Crippen MR) is 85.9 cm³/mol. The lowest BCUT2D eigenvalue weighted by Gasteiger charge is -2.23. The van der Waals surface area contributed by atoms with E-state index in [1.165, 1.54) is 5.69 Å². The Labute approximate surface area is 120 Å². The third-order valence-electron chi connectivity index (χ3n) is 3.18. The molecule has 0 aliphatic heterocycles. The van der Waals surface area contributed by atoms with E-state index in [-0.39, 0.29) is 0 Å². The first-order chi connectivity index (χ1) is 9.50. The Kier molecular flexibility index (Phi) is 4.02. The van der Waals surface area contributed by atoms with Gasteiger partial charge in [-0.1, -0.05) is 30.3 Å². The maximum atomic E-state index is 9.30. The molecule has 0 amide bonds. The molecule has 0 unspecified atom stereocenters. The normalized spacial score (nSPS) is 12.0. The highest BCUT2D eigenvalue weighted by atomic mass is 15.3. The number of hydrogen-bond donors (Lipinski definition) is 0. The molecule has 0 fully saturated rings. The van der Waals surface area contributed by atoms with E-state index < -0.39 is 0 Å². The van der Waals surface area contributed by atoms with Gasteiger partial charge in [-0.25, -0.2) is 0 Å². The molecule has 0 aliphatic carbocycles. The fourth-order valence-electron chi connectivity index (χ4n) is 1.98. The van der Waals surface area contributed by atoms with E-state index in [4.69, 9.17) is 0 Å². The average molecular weight is 263 g/mol. The summed E-state index contributed by atoms with van der Waals surface area (Å²) in [5.41, 5.74) is 3.91. The molecule has 2 aromatic rings. The van der Waals surface area contributed by atoms with Gasteiger partial charge in [0.05, 0.1) is 32.8 Å². The van der Waals surface area contributed by atoms with Crippen molar-refractivity contribution < 1.29 is 0 Å². The van der Waals surface area contributed by atoms with Crippen LogP contribution in [-0.2, 0) is 0 Å². The molecule has 0 bridgehead atoms. The second-order valence-electron chi connectivity index (χ2n) is 5.64. The monoisotopic (exact) mass is 263 g/mol. The Bertz CT molecular complexity index is 639. The maximum absolute atomic E-state index is 9.30. The molecule has 0 radical (unpaired) electrons. The molecule has 20 heavy (non-hydrogen) atoms. The summed E-state index contributed by atoms with van der Waals surface area (Å²) in [6.45, 7) is 0. The second-order valence-corrected chi connectivity index (χ2v) is 5.64. The quantitative estimate of drug-likeness (QED) is 0.467. The van der Waals surface area contributed by atoms with Crippen LogP contribution in [0, 0.1) is 11.3 Å². The minimum atomic E-state index is 0.684. The third kappa shape index (κ3) is 3.34. The summed E-state index contributed by atoms with van der Waals surface area (Å²) in [7, 11) is 6.40. The highest BCUT2D eigenvalue weighted by Crippen LogP contribution is 2.21. The van der Waals surface area contributed by atoms with Crippen LogP contribution in [0.5, 0.6) is 0 Å². The number of hydrogen-bond acceptors (Lipinski definition) is 1. The zero-order chi connectivity index (χ0) is 14.6. The topological polar surface area (TPSA) is 23.8 Å². The maximum Gasteiger partial charge on any atom is 0.132 e. The summed E-state index contributed by atoms with van der Waals surface area (Å²) in [6.07, 6.45) is 1.93. The zero-order valence-corrected chi connectivity index (χ0v) is 12.2.